The molecule has 0 spiro atoms. The van der Waals surface area contributed by atoms with E-state index < -0.39 is 16.3 Å². The van der Waals surface area contributed by atoms with Crippen molar-refractivity contribution in [3.63, 3.8) is 0 Å². The first-order valence-corrected chi connectivity index (χ1v) is 14.4. The number of sulfonamides is 1. The molecule has 1 amide bonds. The summed E-state index contributed by atoms with van der Waals surface area (Å²) < 4.78 is 44.5. The summed E-state index contributed by atoms with van der Waals surface area (Å²) in [4.78, 5) is 13.0. The van der Waals surface area contributed by atoms with Crippen LogP contribution in [0.5, 0.6) is 5.75 Å². The van der Waals surface area contributed by atoms with Gasteiger partial charge in [-0.25, -0.2) is 8.42 Å². The minimum absolute atomic E-state index is 0.0518. The number of nitrogens with zero attached hydrogens (tertiary/aromatic N) is 1. The first kappa shape index (κ1) is 26.9. The van der Waals surface area contributed by atoms with Crippen LogP contribution in [-0.4, -0.2) is 69.5 Å². The molecule has 200 valence electrons. The zero-order valence-corrected chi connectivity index (χ0v) is 21.8. The van der Waals surface area contributed by atoms with Crippen molar-refractivity contribution in [2.75, 3.05) is 33.4 Å². The minimum Gasteiger partial charge on any atom is -0.497 e. The summed E-state index contributed by atoms with van der Waals surface area (Å²) in [6.45, 7) is -0.235. The molecule has 2 fully saturated rings. The van der Waals surface area contributed by atoms with Gasteiger partial charge in [0, 0.05) is 25.6 Å². The molecule has 1 aromatic carbocycles. The van der Waals surface area contributed by atoms with Crippen LogP contribution in [0.2, 0.25) is 0 Å². The molecule has 3 aliphatic rings. The molecule has 1 heterocycles. The number of amides is 1. The Hall–Kier alpha value is -2.14. The fraction of sp³-hybridized carbons (Fsp3) is 0.654. The molecule has 1 aromatic rings. The predicted octanol–water partition coefficient (Wildman–Crippen LogP) is 2.80. The molecule has 2 aliphatic carbocycles. The van der Waals surface area contributed by atoms with E-state index in [2.05, 4.69) is 5.32 Å². The molecular weight excluding hydrogens is 484 g/mol. The molecule has 10 heteroatoms. The number of ether oxygens (including phenoxy) is 3. The van der Waals surface area contributed by atoms with E-state index in [0.717, 1.165) is 38.5 Å². The van der Waals surface area contributed by atoms with Gasteiger partial charge in [0.15, 0.2) is 5.76 Å². The Morgan fingerprint density at radius 2 is 1.83 bits per heavy atom. The number of carbonyl (C=O) groups is 1. The number of carbonyl (C=O) groups excluding carboxylic acids is 1. The molecular formula is C26H38N2O7S. The van der Waals surface area contributed by atoms with Crippen LogP contribution in [0.15, 0.2) is 41.0 Å². The van der Waals surface area contributed by atoms with Gasteiger partial charge < -0.3 is 24.6 Å². The highest BCUT2D eigenvalue weighted by Gasteiger charge is 2.35. The second kappa shape index (κ2) is 12.4. The van der Waals surface area contributed by atoms with Crippen molar-refractivity contribution in [2.24, 2.45) is 11.8 Å². The zero-order valence-electron chi connectivity index (χ0n) is 20.9. The van der Waals surface area contributed by atoms with Crippen LogP contribution in [0.3, 0.4) is 0 Å². The Labute approximate surface area is 213 Å². The van der Waals surface area contributed by atoms with Crippen LogP contribution in [0.4, 0.5) is 0 Å². The fourth-order valence-corrected chi connectivity index (χ4v) is 6.53. The van der Waals surface area contributed by atoms with Gasteiger partial charge in [-0.1, -0.05) is 19.3 Å². The Bertz CT molecular complexity index is 1000. The van der Waals surface area contributed by atoms with E-state index in [9.17, 15) is 18.3 Å². The molecule has 0 bridgehead atoms. The Morgan fingerprint density at radius 1 is 1.11 bits per heavy atom. The molecule has 4 rings (SSSR count). The molecule has 1 aliphatic heterocycles. The van der Waals surface area contributed by atoms with Crippen molar-refractivity contribution >= 4 is 15.9 Å². The highest BCUT2D eigenvalue weighted by Crippen LogP contribution is 2.40. The van der Waals surface area contributed by atoms with Crippen LogP contribution in [0.1, 0.15) is 51.4 Å². The molecule has 36 heavy (non-hydrogen) atoms. The van der Waals surface area contributed by atoms with E-state index in [0.29, 0.717) is 23.8 Å². The summed E-state index contributed by atoms with van der Waals surface area (Å²) in [5.74, 6) is 1.41. The van der Waals surface area contributed by atoms with E-state index in [-0.39, 0.29) is 49.1 Å². The highest BCUT2D eigenvalue weighted by atomic mass is 32.2. The third-order valence-corrected chi connectivity index (χ3v) is 9.36. The zero-order chi connectivity index (χ0) is 25.5. The van der Waals surface area contributed by atoms with Gasteiger partial charge in [0.2, 0.25) is 16.3 Å². The van der Waals surface area contributed by atoms with Crippen molar-refractivity contribution in [3.8, 4) is 5.75 Å². The molecule has 0 unspecified atom stereocenters. The fourth-order valence-electron chi connectivity index (χ4n) is 5.11. The number of allylic oxidation sites excluding steroid dienone is 1. The number of aliphatic hydroxyl groups excluding tert-OH is 1. The Kier molecular flexibility index (Phi) is 9.27. The minimum atomic E-state index is -3.83. The Morgan fingerprint density at radius 3 is 2.44 bits per heavy atom. The normalized spacial score (nSPS) is 23.1. The topological polar surface area (TPSA) is 114 Å². The second-order valence-electron chi connectivity index (χ2n) is 9.80. The molecule has 9 nitrogen and oxygen atoms in total. The first-order valence-electron chi connectivity index (χ1n) is 13.0. The lowest BCUT2D eigenvalue weighted by Crippen LogP contribution is -2.40. The van der Waals surface area contributed by atoms with E-state index in [4.69, 9.17) is 14.2 Å². The van der Waals surface area contributed by atoms with E-state index in [1.165, 1.54) is 30.0 Å². The number of nitrogens with one attached hydrogen (secondary N) is 1. The molecule has 0 aromatic heterocycles. The monoisotopic (exact) mass is 522 g/mol. The molecule has 0 saturated heterocycles. The smallest absolute Gasteiger partial charge is 0.286 e. The molecule has 0 radical (unpaired) electrons. The van der Waals surface area contributed by atoms with Crippen molar-refractivity contribution in [3.05, 3.63) is 36.1 Å². The number of aliphatic hydroxyl groups is 1. The number of rotatable bonds is 12. The number of benzene rings is 1. The van der Waals surface area contributed by atoms with Gasteiger partial charge in [-0.15, -0.1) is 0 Å². The van der Waals surface area contributed by atoms with Crippen LogP contribution < -0.4 is 10.1 Å². The summed E-state index contributed by atoms with van der Waals surface area (Å²) in [6, 6.07) is 6.32. The summed E-state index contributed by atoms with van der Waals surface area (Å²) in [5.41, 5.74) is 0. The standard InChI is InChI=1S/C26H38N2O7S/c1-33-22-9-11-23(12-10-22)36(31,32)28(13-15-29)14-16-34-25-18-20(19-5-4-6-19)17-24(35-25)26(30)27-21-7-2-3-8-21/h9-12,17,19-21,25,29H,2-8,13-16,18H2,1H3,(H,27,30)/t20-,25+/m1/s1. The summed E-state index contributed by atoms with van der Waals surface area (Å²) in [5, 5.41) is 12.6. The van der Waals surface area contributed by atoms with Crippen LogP contribution in [0, 0.1) is 11.8 Å². The third kappa shape index (κ3) is 6.59. The van der Waals surface area contributed by atoms with Crippen molar-refractivity contribution in [1.82, 2.24) is 9.62 Å². The lowest BCUT2D eigenvalue weighted by atomic mass is 9.73. The maximum atomic E-state index is 13.1. The molecule has 2 atom stereocenters. The van der Waals surface area contributed by atoms with Crippen molar-refractivity contribution < 1.29 is 32.5 Å². The number of hydrogen-bond donors (Lipinski definition) is 2. The average Bonchev–Trinajstić information content (AvgIpc) is 3.35. The van der Waals surface area contributed by atoms with Gasteiger partial charge in [-0.3, -0.25) is 4.79 Å². The second-order valence-corrected chi connectivity index (χ2v) is 11.7. The lowest BCUT2D eigenvalue weighted by Gasteiger charge is -2.37. The van der Waals surface area contributed by atoms with E-state index >= 15 is 0 Å². The maximum Gasteiger partial charge on any atom is 0.286 e. The van der Waals surface area contributed by atoms with Crippen molar-refractivity contribution in [2.45, 2.75) is 68.6 Å². The maximum absolute atomic E-state index is 13.1. The summed E-state index contributed by atoms with van der Waals surface area (Å²) in [7, 11) is -2.31. The van der Waals surface area contributed by atoms with E-state index in [1.807, 2.05) is 6.08 Å². The van der Waals surface area contributed by atoms with Gasteiger partial charge in [-0.2, -0.15) is 4.31 Å². The predicted molar refractivity (Wildman–Crippen MR) is 134 cm³/mol. The van der Waals surface area contributed by atoms with Gasteiger partial charge >= 0.3 is 0 Å². The van der Waals surface area contributed by atoms with Crippen LogP contribution in [0.25, 0.3) is 0 Å². The number of methoxy groups -OCH3 is 1. The first-order chi connectivity index (χ1) is 17.4. The molecule has 2 saturated carbocycles. The largest absolute Gasteiger partial charge is 0.497 e. The summed E-state index contributed by atoms with van der Waals surface area (Å²) in [6.07, 6.45) is 9.69. The quantitative estimate of drug-likeness (QED) is 0.434. The summed E-state index contributed by atoms with van der Waals surface area (Å²) >= 11 is 0. The SMILES string of the molecule is COc1ccc(S(=O)(=O)N(CCO)CCO[C@@H]2C[C@H](C3CCC3)C=C(C(=O)NC3CCCC3)O2)cc1. The average molecular weight is 523 g/mol. The van der Waals surface area contributed by atoms with Crippen LogP contribution >= 0.6 is 0 Å². The van der Waals surface area contributed by atoms with Gasteiger partial charge in [0.1, 0.15) is 5.75 Å². The van der Waals surface area contributed by atoms with Crippen molar-refractivity contribution in [1.29, 1.82) is 0 Å². The Balaban J connectivity index is 1.37. The van der Waals surface area contributed by atoms with E-state index in [1.54, 1.807) is 12.1 Å². The highest BCUT2D eigenvalue weighted by molar-refractivity contribution is 7.89. The van der Waals surface area contributed by atoms with Gasteiger partial charge in [0.25, 0.3) is 5.91 Å². The van der Waals surface area contributed by atoms with Gasteiger partial charge in [-0.05, 0) is 67.9 Å². The van der Waals surface area contributed by atoms with Gasteiger partial charge in [0.05, 0.1) is 25.2 Å². The molecule has 2 N–H and O–H groups in total. The third-order valence-electron chi connectivity index (χ3n) is 7.45. The lowest BCUT2D eigenvalue weighted by molar-refractivity contribution is -0.152. The number of hydrogen-bond acceptors (Lipinski definition) is 7. The van der Waals surface area contributed by atoms with Crippen LogP contribution in [-0.2, 0) is 24.3 Å².